The highest BCUT2D eigenvalue weighted by Crippen LogP contribution is 2.41. The molecule has 1 aliphatic rings. The van der Waals surface area contributed by atoms with Gasteiger partial charge in [-0.25, -0.2) is 4.98 Å². The van der Waals surface area contributed by atoms with E-state index in [0.717, 1.165) is 16.5 Å². The monoisotopic (exact) mass is 414 g/mol. The highest BCUT2D eigenvalue weighted by atomic mass is 16.3. The molecule has 4 rings (SSSR count). The number of ketones is 1. The van der Waals surface area contributed by atoms with Gasteiger partial charge in [-0.15, -0.1) is 0 Å². The first-order valence-corrected chi connectivity index (χ1v) is 10.6. The zero-order valence-electron chi connectivity index (χ0n) is 17.7. The van der Waals surface area contributed by atoms with E-state index in [0.29, 0.717) is 17.8 Å². The maximum absolute atomic E-state index is 13.1. The number of nitrogens with one attached hydrogen (secondary N) is 1. The Kier molecular flexibility index (Phi) is 5.85. The Morgan fingerprint density at radius 1 is 1.06 bits per heavy atom. The molecule has 1 amide bonds. The van der Waals surface area contributed by atoms with Crippen LogP contribution < -0.4 is 5.32 Å². The van der Waals surface area contributed by atoms with Crippen molar-refractivity contribution in [3.63, 3.8) is 0 Å². The van der Waals surface area contributed by atoms with Crippen molar-refractivity contribution in [1.82, 2.24) is 10.3 Å². The zero-order chi connectivity index (χ0) is 22.0. The van der Waals surface area contributed by atoms with Crippen molar-refractivity contribution in [1.29, 1.82) is 0 Å². The Bertz CT molecular complexity index is 1150. The molecule has 2 N–H and O–H groups in total. The third-order valence-electron chi connectivity index (χ3n) is 5.66. The van der Waals surface area contributed by atoms with Crippen LogP contribution in [0.1, 0.15) is 47.8 Å². The summed E-state index contributed by atoms with van der Waals surface area (Å²) in [6.45, 7) is 4.53. The number of fused-ring (bicyclic) bond motifs is 2. The van der Waals surface area contributed by atoms with Gasteiger partial charge in [0, 0.05) is 35.9 Å². The predicted molar refractivity (Wildman–Crippen MR) is 122 cm³/mol. The van der Waals surface area contributed by atoms with E-state index < -0.39 is 11.8 Å². The number of aliphatic hydroxyl groups is 1. The van der Waals surface area contributed by atoms with E-state index >= 15 is 0 Å². The number of hydrogen-bond acceptors (Lipinski definition) is 4. The summed E-state index contributed by atoms with van der Waals surface area (Å²) in [4.78, 5) is 30.8. The van der Waals surface area contributed by atoms with Crippen molar-refractivity contribution in [3.05, 3.63) is 83.2 Å². The lowest BCUT2D eigenvalue weighted by Gasteiger charge is -2.31. The van der Waals surface area contributed by atoms with Gasteiger partial charge in [0.2, 0.25) is 5.91 Å². The number of rotatable bonds is 6. The Balaban J connectivity index is 1.77. The quantitative estimate of drug-likeness (QED) is 0.563. The van der Waals surface area contributed by atoms with Gasteiger partial charge in [0.15, 0.2) is 5.78 Å². The van der Waals surface area contributed by atoms with Crippen LogP contribution in [-0.4, -0.2) is 28.3 Å². The summed E-state index contributed by atoms with van der Waals surface area (Å²) in [6, 6.07) is 18.8. The molecule has 2 aromatic carbocycles. The lowest BCUT2D eigenvalue weighted by molar-refractivity contribution is -0.125. The smallest absolute Gasteiger partial charge is 0.231 e. The number of carbonyl (C=O) groups is 2. The van der Waals surface area contributed by atoms with Crippen molar-refractivity contribution in [2.24, 2.45) is 11.8 Å². The summed E-state index contributed by atoms with van der Waals surface area (Å²) >= 11 is 0. The van der Waals surface area contributed by atoms with Gasteiger partial charge in [0.25, 0.3) is 0 Å². The lowest BCUT2D eigenvalue weighted by Crippen LogP contribution is -2.39. The summed E-state index contributed by atoms with van der Waals surface area (Å²) in [5.41, 5.74) is 2.81. The lowest BCUT2D eigenvalue weighted by atomic mass is 9.75. The van der Waals surface area contributed by atoms with Crippen LogP contribution >= 0.6 is 0 Å². The average molecular weight is 415 g/mol. The van der Waals surface area contributed by atoms with Crippen LogP contribution in [0.15, 0.2) is 66.4 Å². The van der Waals surface area contributed by atoms with E-state index in [-0.39, 0.29) is 29.8 Å². The van der Waals surface area contributed by atoms with E-state index in [2.05, 4.69) is 10.3 Å². The average Bonchev–Trinajstić information content (AvgIpc) is 2.77. The fraction of sp³-hybridized carbons (Fsp3) is 0.269. The number of nitrogens with zero attached hydrogens (tertiary/aromatic N) is 1. The summed E-state index contributed by atoms with van der Waals surface area (Å²) in [7, 11) is 0. The van der Waals surface area contributed by atoms with Gasteiger partial charge in [-0.05, 0) is 23.6 Å². The first kappa shape index (κ1) is 20.8. The van der Waals surface area contributed by atoms with Crippen molar-refractivity contribution >= 4 is 28.7 Å². The minimum atomic E-state index is -0.832. The second kappa shape index (κ2) is 8.72. The zero-order valence-corrected chi connectivity index (χ0v) is 17.7. The highest BCUT2D eigenvalue weighted by molar-refractivity contribution is 5.98. The van der Waals surface area contributed by atoms with E-state index in [1.807, 2.05) is 62.4 Å². The molecule has 0 radical (unpaired) electrons. The number of benzene rings is 2. The van der Waals surface area contributed by atoms with Crippen LogP contribution in [-0.2, 0) is 4.79 Å². The third kappa shape index (κ3) is 4.36. The number of para-hydroxylation sites is 1. The molecule has 0 fully saturated rings. The van der Waals surface area contributed by atoms with E-state index in [1.165, 1.54) is 0 Å². The topological polar surface area (TPSA) is 79.3 Å². The second-order valence-corrected chi connectivity index (χ2v) is 8.44. The first-order valence-electron chi connectivity index (χ1n) is 10.6. The van der Waals surface area contributed by atoms with Gasteiger partial charge in [0.05, 0.1) is 11.2 Å². The maximum Gasteiger partial charge on any atom is 0.231 e. The molecule has 1 heterocycles. The number of aliphatic hydroxyl groups excluding tert-OH is 1. The standard InChI is InChI=1S/C26H26N2O3/c1-16(2)15-27-26(31)25-20(13-23(29)17-8-4-3-5-9-17)19-12-18-10-6-7-11-21(18)28-22(19)14-24(25)30/h3-12,14,16,20,25,30H,13,15H2,1-2H3,(H,27,31). The normalized spacial score (nSPS) is 17.8. The number of carbonyl (C=O) groups excluding carboxylic acids is 2. The van der Waals surface area contributed by atoms with Crippen LogP contribution in [0.4, 0.5) is 0 Å². The number of hydrogen-bond donors (Lipinski definition) is 2. The molecule has 1 aromatic heterocycles. The minimum Gasteiger partial charge on any atom is -0.511 e. The van der Waals surface area contributed by atoms with Gasteiger partial charge < -0.3 is 10.4 Å². The molecule has 1 aliphatic carbocycles. The molecular formula is C26H26N2O3. The van der Waals surface area contributed by atoms with Crippen molar-refractivity contribution in [2.45, 2.75) is 26.2 Å². The molecule has 31 heavy (non-hydrogen) atoms. The van der Waals surface area contributed by atoms with Gasteiger partial charge in [-0.2, -0.15) is 0 Å². The largest absolute Gasteiger partial charge is 0.511 e. The summed E-state index contributed by atoms with van der Waals surface area (Å²) in [5, 5.41) is 14.7. The van der Waals surface area contributed by atoms with Crippen LogP contribution in [0, 0.1) is 11.8 Å². The Morgan fingerprint density at radius 3 is 2.52 bits per heavy atom. The SMILES string of the molecule is CC(C)CNC(=O)C1C(O)=Cc2nc3ccccc3cc2C1CC(=O)c1ccccc1. The molecular weight excluding hydrogens is 388 g/mol. The Morgan fingerprint density at radius 2 is 1.77 bits per heavy atom. The Labute approximate surface area is 181 Å². The summed E-state index contributed by atoms with van der Waals surface area (Å²) in [5.74, 6) is -1.45. The van der Waals surface area contributed by atoms with Gasteiger partial charge >= 0.3 is 0 Å². The van der Waals surface area contributed by atoms with Crippen LogP contribution in [0.2, 0.25) is 0 Å². The maximum atomic E-state index is 13.1. The molecule has 0 spiro atoms. The van der Waals surface area contributed by atoms with Crippen LogP contribution in [0.5, 0.6) is 0 Å². The molecule has 2 unspecified atom stereocenters. The predicted octanol–water partition coefficient (Wildman–Crippen LogP) is 4.89. The van der Waals surface area contributed by atoms with Crippen molar-refractivity contribution < 1.29 is 14.7 Å². The van der Waals surface area contributed by atoms with Crippen LogP contribution in [0.25, 0.3) is 17.0 Å². The second-order valence-electron chi connectivity index (χ2n) is 8.44. The molecule has 0 saturated carbocycles. The number of pyridine rings is 1. The molecule has 3 aromatic rings. The molecule has 158 valence electrons. The molecule has 5 nitrogen and oxygen atoms in total. The number of Topliss-reactive ketones (excluding diaryl/α,β-unsaturated/α-hetero) is 1. The Hall–Kier alpha value is -3.47. The van der Waals surface area contributed by atoms with Gasteiger partial charge in [0.1, 0.15) is 11.7 Å². The third-order valence-corrected chi connectivity index (χ3v) is 5.66. The summed E-state index contributed by atoms with van der Waals surface area (Å²) < 4.78 is 0. The number of amides is 1. The first-order chi connectivity index (χ1) is 14.9. The van der Waals surface area contributed by atoms with Crippen molar-refractivity contribution in [3.8, 4) is 0 Å². The molecule has 0 aliphatic heterocycles. The highest BCUT2D eigenvalue weighted by Gasteiger charge is 2.39. The minimum absolute atomic E-state index is 0.0533. The van der Waals surface area contributed by atoms with Gasteiger partial charge in [-0.3, -0.25) is 9.59 Å². The molecule has 0 bridgehead atoms. The molecule has 2 atom stereocenters. The number of aromatic nitrogens is 1. The fourth-order valence-electron chi connectivity index (χ4n) is 4.08. The van der Waals surface area contributed by atoms with Crippen LogP contribution in [0.3, 0.4) is 0 Å². The van der Waals surface area contributed by atoms with Crippen molar-refractivity contribution in [2.75, 3.05) is 6.54 Å². The fourth-order valence-corrected chi connectivity index (χ4v) is 4.08. The van der Waals surface area contributed by atoms with Gasteiger partial charge in [-0.1, -0.05) is 62.4 Å². The van der Waals surface area contributed by atoms with E-state index in [9.17, 15) is 14.7 Å². The van der Waals surface area contributed by atoms with E-state index in [4.69, 9.17) is 0 Å². The van der Waals surface area contributed by atoms with E-state index in [1.54, 1.807) is 18.2 Å². The molecule has 0 saturated heterocycles. The summed E-state index contributed by atoms with van der Waals surface area (Å²) in [6.07, 6.45) is 1.67. The molecule has 5 heteroatoms.